The summed E-state index contributed by atoms with van der Waals surface area (Å²) in [6.07, 6.45) is 8.79. The Balaban J connectivity index is 0.000000200. The summed E-state index contributed by atoms with van der Waals surface area (Å²) in [5.74, 6) is 2.03. The fraction of sp³-hybridized carbons (Fsp3) is 0.440. The van der Waals surface area contributed by atoms with E-state index in [-0.39, 0.29) is 24.3 Å². The number of para-hydroxylation sites is 1. The Kier molecular flexibility index (Phi) is 18.0. The van der Waals surface area contributed by atoms with Crippen LogP contribution in [0.3, 0.4) is 0 Å². The first-order valence-electron chi connectivity index (χ1n) is 22.4. The van der Waals surface area contributed by atoms with E-state index in [9.17, 15) is 19.2 Å². The number of imidazole rings is 2. The van der Waals surface area contributed by atoms with Crippen LogP contribution in [0.4, 0.5) is 19.2 Å². The number of hydrogen-bond donors (Lipinski definition) is 1. The molecule has 17 nitrogen and oxygen atoms in total. The number of nitrogens with one attached hydrogen (secondary N) is 1. The minimum absolute atomic E-state index is 0.0584. The third kappa shape index (κ3) is 15.6. The minimum atomic E-state index is -0.510. The predicted octanol–water partition coefficient (Wildman–Crippen LogP) is 9.07. The maximum atomic E-state index is 12.9. The zero-order valence-electron chi connectivity index (χ0n) is 40.4. The highest BCUT2D eigenvalue weighted by molar-refractivity contribution is 5.78. The molecule has 1 N–H and O–H groups in total. The molecule has 2 fully saturated rings. The molecule has 4 heterocycles. The third-order valence-electron chi connectivity index (χ3n) is 10.8. The van der Waals surface area contributed by atoms with E-state index in [0.29, 0.717) is 43.4 Å². The molecule has 0 saturated carbocycles. The van der Waals surface area contributed by atoms with Crippen molar-refractivity contribution < 1.29 is 42.9 Å². The summed E-state index contributed by atoms with van der Waals surface area (Å²) in [6, 6.07) is 24.4. The van der Waals surface area contributed by atoms with E-state index in [4.69, 9.17) is 23.7 Å². The van der Waals surface area contributed by atoms with Crippen LogP contribution in [0.25, 0.3) is 22.5 Å². The van der Waals surface area contributed by atoms with Gasteiger partial charge in [0.05, 0.1) is 25.6 Å². The van der Waals surface area contributed by atoms with Gasteiger partial charge in [0, 0.05) is 68.8 Å². The Morgan fingerprint density at radius 3 is 1.46 bits per heavy atom. The van der Waals surface area contributed by atoms with Gasteiger partial charge in [0.25, 0.3) is 0 Å². The molecule has 2 aromatic heterocycles. The van der Waals surface area contributed by atoms with Gasteiger partial charge in [-0.2, -0.15) is 0 Å². The molecule has 5 aromatic rings. The lowest BCUT2D eigenvalue weighted by Crippen LogP contribution is -2.49. The molecule has 0 unspecified atom stereocenters. The molecule has 0 atom stereocenters. The topological polar surface area (TPSA) is 172 Å². The Morgan fingerprint density at radius 1 is 0.597 bits per heavy atom. The number of methoxy groups -OCH3 is 2. The summed E-state index contributed by atoms with van der Waals surface area (Å²) in [5, 5.41) is 3.23. The van der Waals surface area contributed by atoms with Crippen molar-refractivity contribution in [3.05, 3.63) is 104 Å². The maximum Gasteiger partial charge on any atom is 0.424 e. The van der Waals surface area contributed by atoms with Crippen molar-refractivity contribution in [1.29, 1.82) is 0 Å². The van der Waals surface area contributed by atoms with Crippen LogP contribution in [-0.4, -0.2) is 136 Å². The summed E-state index contributed by atoms with van der Waals surface area (Å²) in [6.45, 7) is 14.0. The van der Waals surface area contributed by atoms with Gasteiger partial charge in [-0.25, -0.2) is 33.7 Å². The van der Waals surface area contributed by atoms with Crippen LogP contribution < -0.4 is 19.5 Å². The number of nitrogens with zero attached hydrogens (tertiary/aromatic N) is 7. The van der Waals surface area contributed by atoms with Gasteiger partial charge >= 0.3 is 24.3 Å². The first-order chi connectivity index (χ1) is 31.9. The van der Waals surface area contributed by atoms with Gasteiger partial charge in [-0.1, -0.05) is 18.2 Å². The molecule has 17 heteroatoms. The van der Waals surface area contributed by atoms with E-state index in [1.807, 2.05) is 103 Å². The second kappa shape index (κ2) is 23.5. The number of amides is 3. The summed E-state index contributed by atoms with van der Waals surface area (Å²) in [4.78, 5) is 62.7. The van der Waals surface area contributed by atoms with E-state index < -0.39 is 17.3 Å². The number of piperidine rings is 2. The van der Waals surface area contributed by atoms with Crippen molar-refractivity contribution in [2.24, 2.45) is 0 Å². The largest absolute Gasteiger partial charge is 0.497 e. The van der Waals surface area contributed by atoms with Gasteiger partial charge in [0.1, 0.15) is 41.1 Å². The summed E-state index contributed by atoms with van der Waals surface area (Å²) < 4.78 is 29.1. The van der Waals surface area contributed by atoms with Gasteiger partial charge < -0.3 is 43.7 Å². The quantitative estimate of drug-likeness (QED) is 0.164. The summed E-state index contributed by atoms with van der Waals surface area (Å²) >= 11 is 0. The number of rotatable bonds is 7. The molecule has 0 radical (unpaired) electrons. The maximum absolute atomic E-state index is 12.9. The highest BCUT2D eigenvalue weighted by Gasteiger charge is 2.31. The molecule has 2 aliphatic rings. The van der Waals surface area contributed by atoms with Crippen molar-refractivity contribution in [3.8, 4) is 39.8 Å². The number of benzene rings is 3. The van der Waals surface area contributed by atoms with Gasteiger partial charge in [0.15, 0.2) is 0 Å². The molecule has 0 bridgehead atoms. The average Bonchev–Trinajstić information content (AvgIpc) is 4.03. The monoisotopic (exact) mass is 922 g/mol. The number of ether oxygens (including phenoxy) is 5. The SMILES string of the molecule is CNC1CCN(C(=O)OC(C)(C)C)CC1.COc1ccc(-c2cn(C(=O)N(C)C3CCN(C(=O)OC(C)(C)C)CC3)cn2)cc1.COc1ccc(-c2cn(C(=O)Oc3ccccc3)cn2)cc1. The fourth-order valence-corrected chi connectivity index (χ4v) is 7.09. The third-order valence-corrected chi connectivity index (χ3v) is 10.8. The summed E-state index contributed by atoms with van der Waals surface area (Å²) in [7, 11) is 7.00. The number of likely N-dealkylation sites (tertiary alicyclic amines) is 2. The van der Waals surface area contributed by atoms with E-state index in [1.54, 1.807) is 72.6 Å². The number of carbonyl (C=O) groups excluding carboxylic acids is 4. The highest BCUT2D eigenvalue weighted by Crippen LogP contribution is 2.24. The predicted molar refractivity (Wildman–Crippen MR) is 256 cm³/mol. The molecule has 360 valence electrons. The fourth-order valence-electron chi connectivity index (χ4n) is 7.09. The van der Waals surface area contributed by atoms with Crippen molar-refractivity contribution in [1.82, 2.24) is 39.1 Å². The Hall–Kier alpha value is -6.88. The second-order valence-corrected chi connectivity index (χ2v) is 18.1. The van der Waals surface area contributed by atoms with Crippen LogP contribution >= 0.6 is 0 Å². The van der Waals surface area contributed by atoms with Crippen LogP contribution in [-0.2, 0) is 9.47 Å². The number of carbonyl (C=O) groups is 4. The van der Waals surface area contributed by atoms with Crippen LogP contribution in [0.1, 0.15) is 67.2 Å². The van der Waals surface area contributed by atoms with Crippen molar-refractivity contribution >= 4 is 24.3 Å². The molecular formula is C50H66N8O9. The lowest BCUT2D eigenvalue weighted by Gasteiger charge is -2.37. The van der Waals surface area contributed by atoms with Crippen molar-refractivity contribution in [2.75, 3.05) is 54.5 Å². The Labute approximate surface area is 393 Å². The molecule has 2 saturated heterocycles. The minimum Gasteiger partial charge on any atom is -0.497 e. The molecule has 0 aliphatic carbocycles. The molecule has 3 amide bonds. The van der Waals surface area contributed by atoms with E-state index in [1.165, 1.54) is 21.8 Å². The normalized spacial score (nSPS) is 14.4. The molecule has 7 rings (SSSR count). The smallest absolute Gasteiger partial charge is 0.424 e. The van der Waals surface area contributed by atoms with Gasteiger partial charge in [-0.05, 0) is 135 Å². The first-order valence-corrected chi connectivity index (χ1v) is 22.4. The molecule has 3 aromatic carbocycles. The summed E-state index contributed by atoms with van der Waals surface area (Å²) in [5.41, 5.74) is 2.32. The van der Waals surface area contributed by atoms with Crippen LogP contribution in [0.5, 0.6) is 17.2 Å². The van der Waals surface area contributed by atoms with Crippen molar-refractivity contribution in [3.63, 3.8) is 0 Å². The first kappa shape index (κ1) is 51.1. The number of hydrogen-bond acceptors (Lipinski definition) is 12. The molecule has 67 heavy (non-hydrogen) atoms. The zero-order valence-corrected chi connectivity index (χ0v) is 40.4. The number of aromatic nitrogens is 4. The lowest BCUT2D eigenvalue weighted by molar-refractivity contribution is 0.0168. The molecule has 0 spiro atoms. The van der Waals surface area contributed by atoms with E-state index >= 15 is 0 Å². The Bertz CT molecular complexity index is 2340. The van der Waals surface area contributed by atoms with Gasteiger partial charge in [-0.3, -0.25) is 4.57 Å². The zero-order chi connectivity index (χ0) is 48.7. The van der Waals surface area contributed by atoms with Crippen LogP contribution in [0.15, 0.2) is 104 Å². The second-order valence-electron chi connectivity index (χ2n) is 18.1. The van der Waals surface area contributed by atoms with Gasteiger partial charge in [0.2, 0.25) is 0 Å². The van der Waals surface area contributed by atoms with E-state index in [0.717, 1.165) is 54.3 Å². The highest BCUT2D eigenvalue weighted by atomic mass is 16.6. The van der Waals surface area contributed by atoms with Crippen LogP contribution in [0, 0.1) is 0 Å². The van der Waals surface area contributed by atoms with Crippen LogP contribution in [0.2, 0.25) is 0 Å². The van der Waals surface area contributed by atoms with Gasteiger partial charge in [-0.15, -0.1) is 0 Å². The molecular weight excluding hydrogens is 857 g/mol. The Morgan fingerprint density at radius 2 is 1.03 bits per heavy atom. The molecule has 2 aliphatic heterocycles. The standard InChI is InChI=1S/C22H30N4O4.C17H14N2O3.C11H22N2O2/c1-22(2,3)30-21(28)25-12-10-17(11-13-25)24(4)20(27)26-14-19(23-15-26)16-6-8-18(29-5)9-7-16;1-21-14-9-7-13(8-10-14)16-11-19(12-18-16)17(20)22-15-5-3-2-4-6-15;1-11(2,3)15-10(14)13-7-5-9(12-4)6-8-13/h6-9,14-15,17H,10-13H2,1-5H3;2-12H,1H3;9,12H,5-8H2,1-4H3. The van der Waals surface area contributed by atoms with E-state index in [2.05, 4.69) is 15.3 Å². The average molecular weight is 923 g/mol. The lowest BCUT2D eigenvalue weighted by atomic mass is 10.0. The van der Waals surface area contributed by atoms with Crippen molar-refractivity contribution in [2.45, 2.75) is 90.5 Å².